The fourth-order valence-electron chi connectivity index (χ4n) is 1.38. The standard InChI is InChI=1S/C12H12N4OS/c1-18-12-14-9(13)7-10(16-12)15-11(17)8-5-3-2-4-6-8/h2-7H,1H3,(H3,13,14,15,16,17). The van der Waals surface area contributed by atoms with Gasteiger partial charge in [-0.1, -0.05) is 30.0 Å². The molecule has 6 heteroatoms. The third-order valence-corrected chi connectivity index (χ3v) is 2.73. The molecule has 0 aliphatic rings. The van der Waals surface area contributed by atoms with Gasteiger partial charge in [0.1, 0.15) is 11.6 Å². The van der Waals surface area contributed by atoms with Crippen molar-refractivity contribution in [3.63, 3.8) is 0 Å². The lowest BCUT2D eigenvalue weighted by molar-refractivity contribution is 0.102. The number of amides is 1. The Morgan fingerprint density at radius 2 is 2.00 bits per heavy atom. The van der Waals surface area contributed by atoms with Gasteiger partial charge in [-0.2, -0.15) is 0 Å². The summed E-state index contributed by atoms with van der Waals surface area (Å²) >= 11 is 1.37. The summed E-state index contributed by atoms with van der Waals surface area (Å²) in [5, 5.41) is 3.22. The Kier molecular flexibility index (Phi) is 3.78. The Labute approximate surface area is 109 Å². The molecule has 1 heterocycles. The van der Waals surface area contributed by atoms with E-state index >= 15 is 0 Å². The average Bonchev–Trinajstić information content (AvgIpc) is 2.39. The SMILES string of the molecule is CSc1nc(N)cc(NC(=O)c2ccccc2)n1. The normalized spacial score (nSPS) is 10.1. The minimum absolute atomic E-state index is 0.222. The number of carbonyl (C=O) groups excluding carboxylic acids is 1. The van der Waals surface area contributed by atoms with Gasteiger partial charge in [-0.3, -0.25) is 4.79 Å². The highest BCUT2D eigenvalue weighted by Crippen LogP contribution is 2.15. The predicted molar refractivity (Wildman–Crippen MR) is 72.6 cm³/mol. The van der Waals surface area contributed by atoms with Gasteiger partial charge in [0, 0.05) is 11.6 Å². The van der Waals surface area contributed by atoms with Crippen molar-refractivity contribution in [1.82, 2.24) is 9.97 Å². The van der Waals surface area contributed by atoms with Crippen LogP contribution in [0.15, 0.2) is 41.6 Å². The van der Waals surface area contributed by atoms with Crippen LogP contribution >= 0.6 is 11.8 Å². The molecule has 0 fully saturated rings. The number of nitrogens with zero attached hydrogens (tertiary/aromatic N) is 2. The highest BCUT2D eigenvalue weighted by Gasteiger charge is 2.08. The molecule has 0 unspecified atom stereocenters. The summed E-state index contributed by atoms with van der Waals surface area (Å²) in [6, 6.07) is 10.4. The van der Waals surface area contributed by atoms with Crippen LogP contribution in [0, 0.1) is 0 Å². The van der Waals surface area contributed by atoms with E-state index in [-0.39, 0.29) is 5.91 Å². The Morgan fingerprint density at radius 3 is 2.67 bits per heavy atom. The number of nitrogens with two attached hydrogens (primary N) is 1. The van der Waals surface area contributed by atoms with Crippen molar-refractivity contribution in [1.29, 1.82) is 0 Å². The van der Waals surface area contributed by atoms with Crippen molar-refractivity contribution in [2.75, 3.05) is 17.3 Å². The van der Waals surface area contributed by atoms with Gasteiger partial charge in [0.05, 0.1) is 0 Å². The van der Waals surface area contributed by atoms with Crippen LogP contribution < -0.4 is 11.1 Å². The molecule has 0 bridgehead atoms. The molecular formula is C12H12N4OS. The highest BCUT2D eigenvalue weighted by molar-refractivity contribution is 7.98. The molecule has 2 rings (SSSR count). The number of hydrogen-bond donors (Lipinski definition) is 2. The first-order valence-corrected chi connectivity index (χ1v) is 6.46. The first-order chi connectivity index (χ1) is 8.69. The molecule has 0 spiro atoms. The third-order valence-electron chi connectivity index (χ3n) is 2.19. The van der Waals surface area contributed by atoms with E-state index in [2.05, 4.69) is 15.3 Å². The first-order valence-electron chi connectivity index (χ1n) is 5.24. The zero-order valence-corrected chi connectivity index (χ0v) is 10.6. The van der Waals surface area contributed by atoms with Crippen molar-refractivity contribution in [3.8, 4) is 0 Å². The molecule has 2 aromatic rings. The lowest BCUT2D eigenvalue weighted by Crippen LogP contribution is -2.13. The molecule has 0 radical (unpaired) electrons. The number of carbonyl (C=O) groups is 1. The molecule has 0 aliphatic carbocycles. The molecule has 0 saturated carbocycles. The fourth-order valence-corrected chi connectivity index (χ4v) is 1.76. The zero-order valence-electron chi connectivity index (χ0n) is 9.75. The van der Waals surface area contributed by atoms with Crippen LogP contribution in [0.3, 0.4) is 0 Å². The predicted octanol–water partition coefficient (Wildman–Crippen LogP) is 2.03. The summed E-state index contributed by atoms with van der Waals surface area (Å²) < 4.78 is 0. The number of thioether (sulfide) groups is 1. The number of rotatable bonds is 3. The van der Waals surface area contributed by atoms with Gasteiger partial charge in [0.2, 0.25) is 0 Å². The van der Waals surface area contributed by atoms with Crippen molar-refractivity contribution in [2.24, 2.45) is 0 Å². The smallest absolute Gasteiger partial charge is 0.256 e. The molecule has 3 N–H and O–H groups in total. The Balaban J connectivity index is 2.19. The summed E-state index contributed by atoms with van der Waals surface area (Å²) in [7, 11) is 0. The molecule has 1 amide bonds. The Bertz CT molecular complexity index is 559. The quantitative estimate of drug-likeness (QED) is 0.652. The summed E-state index contributed by atoms with van der Waals surface area (Å²) in [5.41, 5.74) is 6.20. The van der Waals surface area contributed by atoms with E-state index in [1.165, 1.54) is 17.8 Å². The van der Waals surface area contributed by atoms with Crippen LogP contribution in [0.4, 0.5) is 11.6 Å². The van der Waals surface area contributed by atoms with E-state index in [1.54, 1.807) is 24.3 Å². The van der Waals surface area contributed by atoms with Crippen molar-refractivity contribution in [2.45, 2.75) is 5.16 Å². The van der Waals surface area contributed by atoms with Gasteiger partial charge < -0.3 is 11.1 Å². The van der Waals surface area contributed by atoms with E-state index in [0.29, 0.717) is 22.4 Å². The highest BCUT2D eigenvalue weighted by atomic mass is 32.2. The number of hydrogen-bond acceptors (Lipinski definition) is 5. The van der Waals surface area contributed by atoms with Crippen LogP contribution in [0.5, 0.6) is 0 Å². The second-order valence-electron chi connectivity index (χ2n) is 3.48. The first kappa shape index (κ1) is 12.4. The average molecular weight is 260 g/mol. The summed E-state index contributed by atoms with van der Waals surface area (Å²) in [5.74, 6) is 0.513. The van der Waals surface area contributed by atoms with Crippen molar-refractivity contribution < 1.29 is 4.79 Å². The molecule has 1 aromatic carbocycles. The molecule has 18 heavy (non-hydrogen) atoms. The lowest BCUT2D eigenvalue weighted by atomic mass is 10.2. The number of aromatic nitrogens is 2. The van der Waals surface area contributed by atoms with Crippen LogP contribution in [-0.4, -0.2) is 22.1 Å². The number of nitrogen functional groups attached to an aromatic ring is 1. The van der Waals surface area contributed by atoms with Gasteiger partial charge in [0.25, 0.3) is 5.91 Å². The molecule has 0 aliphatic heterocycles. The maximum atomic E-state index is 11.9. The lowest BCUT2D eigenvalue weighted by Gasteiger charge is -2.06. The van der Waals surface area contributed by atoms with Gasteiger partial charge >= 0.3 is 0 Å². The van der Waals surface area contributed by atoms with Crippen LogP contribution in [0.25, 0.3) is 0 Å². The molecule has 0 saturated heterocycles. The summed E-state index contributed by atoms with van der Waals surface area (Å²) in [4.78, 5) is 20.1. The zero-order chi connectivity index (χ0) is 13.0. The van der Waals surface area contributed by atoms with E-state index in [4.69, 9.17) is 5.73 Å². The maximum Gasteiger partial charge on any atom is 0.256 e. The Hall–Kier alpha value is -2.08. The summed E-state index contributed by atoms with van der Waals surface area (Å²) in [6.07, 6.45) is 1.84. The number of nitrogens with one attached hydrogen (secondary N) is 1. The Morgan fingerprint density at radius 1 is 1.28 bits per heavy atom. The molecule has 0 atom stereocenters. The van der Waals surface area contributed by atoms with Gasteiger partial charge in [-0.15, -0.1) is 0 Å². The second-order valence-corrected chi connectivity index (χ2v) is 4.26. The molecule has 1 aromatic heterocycles. The van der Waals surface area contributed by atoms with Crippen molar-refractivity contribution in [3.05, 3.63) is 42.0 Å². The van der Waals surface area contributed by atoms with Crippen LogP contribution in [-0.2, 0) is 0 Å². The second kappa shape index (κ2) is 5.50. The van der Waals surface area contributed by atoms with E-state index in [1.807, 2.05) is 12.3 Å². The summed E-state index contributed by atoms with van der Waals surface area (Å²) in [6.45, 7) is 0. The maximum absolute atomic E-state index is 11.9. The van der Waals surface area contributed by atoms with Crippen LogP contribution in [0.2, 0.25) is 0 Å². The molecular weight excluding hydrogens is 248 g/mol. The van der Waals surface area contributed by atoms with E-state index in [0.717, 1.165) is 0 Å². The minimum atomic E-state index is -0.222. The van der Waals surface area contributed by atoms with Crippen molar-refractivity contribution >= 4 is 29.3 Å². The monoisotopic (exact) mass is 260 g/mol. The molecule has 92 valence electrons. The van der Waals surface area contributed by atoms with E-state index < -0.39 is 0 Å². The van der Waals surface area contributed by atoms with Crippen LogP contribution in [0.1, 0.15) is 10.4 Å². The largest absolute Gasteiger partial charge is 0.383 e. The number of anilines is 2. The van der Waals surface area contributed by atoms with Gasteiger partial charge in [-0.25, -0.2) is 9.97 Å². The fraction of sp³-hybridized carbons (Fsp3) is 0.0833. The van der Waals surface area contributed by atoms with E-state index in [9.17, 15) is 4.79 Å². The van der Waals surface area contributed by atoms with Gasteiger partial charge in [0.15, 0.2) is 5.16 Å². The third kappa shape index (κ3) is 2.98. The minimum Gasteiger partial charge on any atom is -0.383 e. The topological polar surface area (TPSA) is 80.9 Å². The molecule has 5 nitrogen and oxygen atoms in total. The number of benzene rings is 1. The van der Waals surface area contributed by atoms with Gasteiger partial charge in [-0.05, 0) is 18.4 Å².